The van der Waals surface area contributed by atoms with Crippen molar-refractivity contribution in [1.29, 1.82) is 0 Å². The Morgan fingerprint density at radius 3 is 2.89 bits per heavy atom. The maximum absolute atomic E-state index is 12.3. The molecule has 0 saturated heterocycles. The summed E-state index contributed by atoms with van der Waals surface area (Å²) in [6.45, 7) is 2.01. The van der Waals surface area contributed by atoms with Gasteiger partial charge in [0.15, 0.2) is 0 Å². The molecule has 3 rings (SSSR count). The molecule has 1 N–H and O–H groups in total. The van der Waals surface area contributed by atoms with Gasteiger partial charge in [0.25, 0.3) is 0 Å². The Kier molecular flexibility index (Phi) is 2.64. The predicted molar refractivity (Wildman–Crippen MR) is 73.2 cm³/mol. The molecule has 0 aliphatic carbocycles. The van der Waals surface area contributed by atoms with Crippen LogP contribution >= 0.6 is 11.6 Å². The number of hydrogen-bond donors (Lipinski definition) is 1. The molecule has 0 saturated carbocycles. The molecule has 0 radical (unpaired) electrons. The SMILES string of the molecule is CC1CCc2ccc(Cl)c3c(=O)c(C(=O)O)cn1c23. The molecule has 1 aliphatic heterocycles. The number of rotatable bonds is 1. The third kappa shape index (κ3) is 1.67. The minimum Gasteiger partial charge on any atom is -0.477 e. The molecule has 1 aromatic heterocycles. The number of hydrogen-bond acceptors (Lipinski definition) is 2. The highest BCUT2D eigenvalue weighted by atomic mass is 35.5. The minimum atomic E-state index is -1.21. The van der Waals surface area contributed by atoms with Gasteiger partial charge in [-0.25, -0.2) is 4.79 Å². The van der Waals surface area contributed by atoms with Gasteiger partial charge in [-0.15, -0.1) is 0 Å². The van der Waals surface area contributed by atoms with Gasteiger partial charge in [-0.1, -0.05) is 17.7 Å². The number of nitrogens with zero attached hydrogens (tertiary/aromatic N) is 1. The first-order valence-corrected chi connectivity index (χ1v) is 6.48. The zero-order chi connectivity index (χ0) is 13.7. The Labute approximate surface area is 114 Å². The molecule has 4 nitrogen and oxygen atoms in total. The first-order valence-electron chi connectivity index (χ1n) is 6.10. The standard InChI is InChI=1S/C14H12ClNO3/c1-7-2-3-8-4-5-10(15)11-12(8)16(7)6-9(13(11)17)14(18)19/h4-7H,2-3H2,1H3,(H,18,19). The third-order valence-electron chi connectivity index (χ3n) is 3.75. The van der Waals surface area contributed by atoms with E-state index >= 15 is 0 Å². The average Bonchev–Trinajstić information content (AvgIpc) is 2.36. The molecule has 1 unspecified atom stereocenters. The molecular formula is C14H12ClNO3. The van der Waals surface area contributed by atoms with Gasteiger partial charge in [-0.05, 0) is 31.4 Å². The highest BCUT2D eigenvalue weighted by Gasteiger charge is 2.23. The molecule has 0 amide bonds. The lowest BCUT2D eigenvalue weighted by Crippen LogP contribution is -2.24. The molecule has 19 heavy (non-hydrogen) atoms. The van der Waals surface area contributed by atoms with Gasteiger partial charge in [-0.2, -0.15) is 0 Å². The van der Waals surface area contributed by atoms with Crippen LogP contribution in [0.1, 0.15) is 35.3 Å². The lowest BCUT2D eigenvalue weighted by atomic mass is 9.96. The summed E-state index contributed by atoms with van der Waals surface area (Å²) in [5.74, 6) is -1.21. The van der Waals surface area contributed by atoms with Crippen molar-refractivity contribution in [1.82, 2.24) is 4.57 Å². The van der Waals surface area contributed by atoms with E-state index in [4.69, 9.17) is 16.7 Å². The van der Waals surface area contributed by atoms with Crippen molar-refractivity contribution in [2.24, 2.45) is 0 Å². The third-order valence-corrected chi connectivity index (χ3v) is 4.06. The number of halogens is 1. The second kappa shape index (κ2) is 4.10. The molecule has 2 aromatic rings. The zero-order valence-corrected chi connectivity index (χ0v) is 11.1. The van der Waals surface area contributed by atoms with Gasteiger partial charge in [0, 0.05) is 12.2 Å². The fraction of sp³-hybridized carbons (Fsp3) is 0.286. The van der Waals surface area contributed by atoms with E-state index in [1.807, 2.05) is 17.6 Å². The smallest absolute Gasteiger partial charge is 0.341 e. The minimum absolute atomic E-state index is 0.159. The second-order valence-electron chi connectivity index (χ2n) is 4.90. The number of carboxylic acid groups (broad SMARTS) is 1. The highest BCUT2D eigenvalue weighted by Crippen LogP contribution is 2.32. The molecule has 2 heterocycles. The van der Waals surface area contributed by atoms with E-state index in [1.165, 1.54) is 6.20 Å². The van der Waals surface area contributed by atoms with Crippen molar-refractivity contribution >= 4 is 28.5 Å². The fourth-order valence-corrected chi connectivity index (χ4v) is 2.96. The van der Waals surface area contributed by atoms with Crippen LogP contribution in [0, 0.1) is 0 Å². The number of carbonyl (C=O) groups is 1. The number of pyridine rings is 1. The maximum atomic E-state index is 12.3. The summed E-state index contributed by atoms with van der Waals surface area (Å²) in [6, 6.07) is 3.74. The van der Waals surface area contributed by atoms with Crippen LogP contribution in [-0.4, -0.2) is 15.6 Å². The van der Waals surface area contributed by atoms with E-state index in [0.717, 1.165) is 23.9 Å². The largest absolute Gasteiger partial charge is 0.477 e. The first kappa shape index (κ1) is 12.2. The molecule has 0 spiro atoms. The molecule has 5 heteroatoms. The number of aryl methyl sites for hydroxylation is 1. The van der Waals surface area contributed by atoms with Crippen LogP contribution < -0.4 is 5.43 Å². The molecule has 98 valence electrons. The van der Waals surface area contributed by atoms with Gasteiger partial charge in [0.2, 0.25) is 5.43 Å². The van der Waals surface area contributed by atoms with Crippen LogP contribution in [0.25, 0.3) is 10.9 Å². The first-order chi connectivity index (χ1) is 9.00. The Bertz CT molecular complexity index is 763. The normalized spacial score (nSPS) is 17.7. The lowest BCUT2D eigenvalue weighted by Gasteiger charge is -2.26. The van der Waals surface area contributed by atoms with Crippen molar-refractivity contribution in [2.45, 2.75) is 25.8 Å². The predicted octanol–water partition coefficient (Wildman–Crippen LogP) is 2.86. The number of carboxylic acids is 1. The van der Waals surface area contributed by atoms with Crippen molar-refractivity contribution in [3.05, 3.63) is 44.7 Å². The fourth-order valence-electron chi connectivity index (χ4n) is 2.72. The van der Waals surface area contributed by atoms with E-state index in [2.05, 4.69) is 0 Å². The van der Waals surface area contributed by atoms with E-state index in [1.54, 1.807) is 6.07 Å². The van der Waals surface area contributed by atoms with Crippen LogP contribution in [0.5, 0.6) is 0 Å². The van der Waals surface area contributed by atoms with Crippen LogP contribution in [-0.2, 0) is 6.42 Å². The Hall–Kier alpha value is -1.81. The summed E-state index contributed by atoms with van der Waals surface area (Å²) in [6.07, 6.45) is 3.24. The van der Waals surface area contributed by atoms with Crippen LogP contribution in [0.4, 0.5) is 0 Å². The summed E-state index contributed by atoms with van der Waals surface area (Å²) in [4.78, 5) is 23.5. The summed E-state index contributed by atoms with van der Waals surface area (Å²) >= 11 is 6.11. The molecule has 0 fully saturated rings. The number of benzene rings is 1. The molecule has 1 aromatic carbocycles. The molecule has 1 aliphatic rings. The van der Waals surface area contributed by atoms with Gasteiger partial charge in [0.1, 0.15) is 5.56 Å². The summed E-state index contributed by atoms with van der Waals surface area (Å²) in [5, 5.41) is 9.79. The monoisotopic (exact) mass is 277 g/mol. The number of aromatic carboxylic acids is 1. The lowest BCUT2D eigenvalue weighted by molar-refractivity contribution is 0.0694. The Morgan fingerprint density at radius 2 is 2.21 bits per heavy atom. The quantitative estimate of drug-likeness (QED) is 0.872. The van der Waals surface area contributed by atoms with E-state index in [-0.39, 0.29) is 11.6 Å². The molecule has 1 atom stereocenters. The summed E-state index contributed by atoms with van der Waals surface area (Å²) < 4.78 is 1.87. The summed E-state index contributed by atoms with van der Waals surface area (Å²) in [7, 11) is 0. The van der Waals surface area contributed by atoms with Gasteiger partial charge in [-0.3, -0.25) is 4.79 Å². The van der Waals surface area contributed by atoms with Crippen molar-refractivity contribution in [3.63, 3.8) is 0 Å². The van der Waals surface area contributed by atoms with Crippen molar-refractivity contribution in [2.75, 3.05) is 0 Å². The number of aromatic nitrogens is 1. The summed E-state index contributed by atoms with van der Waals surface area (Å²) in [5.41, 5.74) is 1.10. The Balaban J connectivity index is 2.57. The second-order valence-corrected chi connectivity index (χ2v) is 5.31. The van der Waals surface area contributed by atoms with E-state index in [9.17, 15) is 9.59 Å². The van der Waals surface area contributed by atoms with Crippen molar-refractivity contribution in [3.8, 4) is 0 Å². The van der Waals surface area contributed by atoms with Crippen LogP contribution in [0.2, 0.25) is 5.02 Å². The average molecular weight is 278 g/mol. The van der Waals surface area contributed by atoms with Gasteiger partial charge < -0.3 is 9.67 Å². The highest BCUT2D eigenvalue weighted by molar-refractivity contribution is 6.35. The van der Waals surface area contributed by atoms with Crippen LogP contribution in [0.15, 0.2) is 23.1 Å². The zero-order valence-electron chi connectivity index (χ0n) is 10.3. The maximum Gasteiger partial charge on any atom is 0.341 e. The Morgan fingerprint density at radius 1 is 1.47 bits per heavy atom. The molecule has 0 bridgehead atoms. The van der Waals surface area contributed by atoms with Gasteiger partial charge >= 0.3 is 5.97 Å². The van der Waals surface area contributed by atoms with E-state index in [0.29, 0.717) is 10.4 Å². The topological polar surface area (TPSA) is 59.3 Å². The van der Waals surface area contributed by atoms with Gasteiger partial charge in [0.05, 0.1) is 15.9 Å². The molecular weight excluding hydrogens is 266 g/mol. The van der Waals surface area contributed by atoms with Crippen LogP contribution in [0.3, 0.4) is 0 Å². The van der Waals surface area contributed by atoms with Crippen molar-refractivity contribution < 1.29 is 9.90 Å². The van der Waals surface area contributed by atoms with E-state index < -0.39 is 11.4 Å².